The van der Waals surface area contributed by atoms with Crippen molar-refractivity contribution in [2.45, 2.75) is 0 Å². The highest BCUT2D eigenvalue weighted by Crippen LogP contribution is 2.40. The summed E-state index contributed by atoms with van der Waals surface area (Å²) in [6.45, 7) is 0. The molecule has 0 unspecified atom stereocenters. The molecule has 0 saturated heterocycles. The van der Waals surface area contributed by atoms with Crippen LogP contribution < -0.4 is 0 Å². The zero-order valence-corrected chi connectivity index (χ0v) is 27.8. The lowest BCUT2D eigenvalue weighted by Crippen LogP contribution is -2.02. The van der Waals surface area contributed by atoms with Crippen molar-refractivity contribution in [3.63, 3.8) is 0 Å². The Morgan fingerprint density at radius 1 is 0.385 bits per heavy atom. The first-order valence-electron chi connectivity index (χ1n) is 17.2. The van der Waals surface area contributed by atoms with Gasteiger partial charge in [0.15, 0.2) is 17.5 Å². The third-order valence-corrected chi connectivity index (χ3v) is 9.80. The number of hydrogen-bond donors (Lipinski definition) is 0. The summed E-state index contributed by atoms with van der Waals surface area (Å²) < 4.78 is 4.61. The number of hydrogen-bond acceptors (Lipinski definition) is 4. The normalized spacial score (nSPS) is 11.4. The van der Waals surface area contributed by atoms with E-state index in [1.165, 1.54) is 10.8 Å². The summed E-state index contributed by atoms with van der Waals surface area (Å²) in [5.74, 6) is 1.56. The summed E-state index contributed by atoms with van der Waals surface area (Å²) in [4.78, 5) is 14.7. The predicted octanol–water partition coefficient (Wildman–Crippen LogP) is 10.9. The van der Waals surface area contributed by atoms with Crippen LogP contribution in [0, 0.1) is 11.3 Å². The maximum Gasteiger partial charge on any atom is 0.165 e. The molecule has 3 heterocycles. The van der Waals surface area contributed by atoms with Gasteiger partial charge in [-0.3, -0.25) is 0 Å². The molecule has 3 aromatic heterocycles. The largest absolute Gasteiger partial charge is 0.309 e. The SMILES string of the molecule is N#Cc1cc(-n2c3ccccc3c3cc4c(cc32)c2ccccc2n4-c2ccccc2)ccc1-c1nc(-c2ccccc2)nc(-c2ccccc2)n1. The van der Waals surface area contributed by atoms with E-state index in [-0.39, 0.29) is 0 Å². The molecule has 0 atom stereocenters. The molecule has 0 aliphatic carbocycles. The van der Waals surface area contributed by atoms with Crippen LogP contribution >= 0.6 is 0 Å². The van der Waals surface area contributed by atoms with Gasteiger partial charge in [0, 0.05) is 49.6 Å². The highest BCUT2D eigenvalue weighted by Gasteiger charge is 2.20. The number of benzene rings is 7. The Kier molecular flexibility index (Phi) is 6.76. The molecule has 0 saturated carbocycles. The van der Waals surface area contributed by atoms with Crippen LogP contribution in [-0.4, -0.2) is 24.1 Å². The zero-order valence-electron chi connectivity index (χ0n) is 27.8. The van der Waals surface area contributed by atoms with Gasteiger partial charge in [0.2, 0.25) is 0 Å². The van der Waals surface area contributed by atoms with Gasteiger partial charge in [-0.15, -0.1) is 0 Å². The number of fused-ring (bicyclic) bond motifs is 6. The van der Waals surface area contributed by atoms with Crippen LogP contribution in [0.1, 0.15) is 5.56 Å². The summed E-state index contributed by atoms with van der Waals surface area (Å²) >= 11 is 0. The molecule has 10 aromatic rings. The van der Waals surface area contributed by atoms with Crippen LogP contribution in [-0.2, 0) is 0 Å². The van der Waals surface area contributed by atoms with Gasteiger partial charge in [0.1, 0.15) is 0 Å². The third kappa shape index (κ3) is 4.68. The lowest BCUT2D eigenvalue weighted by molar-refractivity contribution is 1.07. The summed E-state index contributed by atoms with van der Waals surface area (Å²) in [6.07, 6.45) is 0. The Balaban J connectivity index is 1.20. The van der Waals surface area contributed by atoms with E-state index in [2.05, 4.69) is 112 Å². The second-order valence-corrected chi connectivity index (χ2v) is 12.8. The van der Waals surface area contributed by atoms with Crippen molar-refractivity contribution < 1.29 is 0 Å². The average Bonchev–Trinajstić information content (AvgIpc) is 3.72. The molecule has 0 aliphatic rings. The fourth-order valence-electron chi connectivity index (χ4n) is 7.45. The number of nitrogens with zero attached hydrogens (tertiary/aromatic N) is 6. The van der Waals surface area contributed by atoms with Crippen molar-refractivity contribution in [3.05, 3.63) is 175 Å². The van der Waals surface area contributed by atoms with E-state index in [4.69, 9.17) is 15.0 Å². The molecule has 0 N–H and O–H groups in total. The van der Waals surface area contributed by atoms with E-state index in [1.807, 2.05) is 72.8 Å². The molecule has 0 radical (unpaired) electrons. The van der Waals surface area contributed by atoms with Gasteiger partial charge in [-0.2, -0.15) is 5.26 Å². The Labute approximate surface area is 299 Å². The third-order valence-electron chi connectivity index (χ3n) is 9.80. The molecule has 0 fully saturated rings. The Morgan fingerprint density at radius 2 is 0.846 bits per heavy atom. The lowest BCUT2D eigenvalue weighted by Gasteiger charge is -2.12. The van der Waals surface area contributed by atoms with Crippen molar-refractivity contribution in [1.82, 2.24) is 24.1 Å². The van der Waals surface area contributed by atoms with Crippen molar-refractivity contribution in [1.29, 1.82) is 5.26 Å². The highest BCUT2D eigenvalue weighted by atomic mass is 15.0. The molecule has 0 spiro atoms. The van der Waals surface area contributed by atoms with Gasteiger partial charge in [0.25, 0.3) is 0 Å². The zero-order chi connectivity index (χ0) is 34.6. The number of rotatable bonds is 5. The highest BCUT2D eigenvalue weighted by molar-refractivity contribution is 6.19. The van der Waals surface area contributed by atoms with Crippen molar-refractivity contribution >= 4 is 43.6 Å². The van der Waals surface area contributed by atoms with Crippen LogP contribution in [0.3, 0.4) is 0 Å². The van der Waals surface area contributed by atoms with E-state index < -0.39 is 0 Å². The molecule has 6 heteroatoms. The summed E-state index contributed by atoms with van der Waals surface area (Å²) in [5, 5.41) is 15.3. The van der Waals surface area contributed by atoms with E-state index in [9.17, 15) is 5.26 Å². The Bertz CT molecular complexity index is 2950. The molecular weight excluding hydrogens is 637 g/mol. The lowest BCUT2D eigenvalue weighted by atomic mass is 10.1. The molecule has 10 rings (SSSR count). The maximum absolute atomic E-state index is 10.6. The van der Waals surface area contributed by atoms with Crippen molar-refractivity contribution in [3.8, 4) is 51.6 Å². The molecule has 52 heavy (non-hydrogen) atoms. The minimum atomic E-state index is 0.452. The monoisotopic (exact) mass is 664 g/mol. The van der Waals surface area contributed by atoms with Crippen LogP contribution in [0.2, 0.25) is 0 Å². The fraction of sp³-hybridized carbons (Fsp3) is 0. The topological polar surface area (TPSA) is 72.3 Å². The molecule has 242 valence electrons. The molecule has 6 nitrogen and oxygen atoms in total. The standard InChI is InChI=1S/C46H28N6/c47-29-32-26-34(24-25-35(32)46-49-44(30-14-4-1-5-15-30)48-45(50-46)31-16-6-2-7-17-31)52-41-23-13-11-21-37(41)39-27-42-38(28-43(39)52)36-20-10-12-22-40(36)51(42)33-18-8-3-9-19-33/h1-28H. The first-order chi connectivity index (χ1) is 25.7. The predicted molar refractivity (Wildman–Crippen MR) is 210 cm³/mol. The van der Waals surface area contributed by atoms with E-state index in [0.717, 1.165) is 55.3 Å². The summed E-state index contributed by atoms with van der Waals surface area (Å²) in [7, 11) is 0. The fourth-order valence-corrected chi connectivity index (χ4v) is 7.45. The van der Waals surface area contributed by atoms with Gasteiger partial charge >= 0.3 is 0 Å². The van der Waals surface area contributed by atoms with Crippen LogP contribution in [0.15, 0.2) is 170 Å². The van der Waals surface area contributed by atoms with Crippen LogP contribution in [0.25, 0.3) is 89.2 Å². The smallest absolute Gasteiger partial charge is 0.165 e. The second-order valence-electron chi connectivity index (χ2n) is 12.8. The van der Waals surface area contributed by atoms with Crippen LogP contribution in [0.4, 0.5) is 0 Å². The second kappa shape index (κ2) is 11.9. The van der Waals surface area contributed by atoms with Gasteiger partial charge in [-0.1, -0.05) is 115 Å². The minimum Gasteiger partial charge on any atom is -0.309 e. The number of nitriles is 1. The van der Waals surface area contributed by atoms with Crippen molar-refractivity contribution in [2.75, 3.05) is 0 Å². The summed E-state index contributed by atoms with van der Waals surface area (Å²) in [5.41, 5.74) is 9.33. The minimum absolute atomic E-state index is 0.452. The Morgan fingerprint density at radius 3 is 1.38 bits per heavy atom. The number of aromatic nitrogens is 5. The van der Waals surface area contributed by atoms with Gasteiger partial charge in [-0.25, -0.2) is 15.0 Å². The molecule has 0 amide bonds. The van der Waals surface area contributed by atoms with Crippen molar-refractivity contribution in [2.24, 2.45) is 0 Å². The maximum atomic E-state index is 10.6. The Hall–Kier alpha value is -7.36. The average molecular weight is 665 g/mol. The molecule has 7 aromatic carbocycles. The molecular formula is C46H28N6. The van der Waals surface area contributed by atoms with Gasteiger partial charge in [-0.05, 0) is 54.6 Å². The first kappa shape index (κ1) is 29.5. The quantitative estimate of drug-likeness (QED) is 0.184. The summed E-state index contributed by atoms with van der Waals surface area (Å²) in [6, 6.07) is 60.4. The van der Waals surface area contributed by atoms with E-state index in [1.54, 1.807) is 0 Å². The van der Waals surface area contributed by atoms with Gasteiger partial charge in [0.05, 0.1) is 33.7 Å². The molecule has 0 aliphatic heterocycles. The molecule has 0 bridgehead atoms. The first-order valence-corrected chi connectivity index (χ1v) is 17.2. The number of para-hydroxylation sites is 3. The van der Waals surface area contributed by atoms with Gasteiger partial charge < -0.3 is 9.13 Å². The van der Waals surface area contributed by atoms with E-state index >= 15 is 0 Å². The van der Waals surface area contributed by atoms with Crippen LogP contribution in [0.5, 0.6) is 0 Å². The van der Waals surface area contributed by atoms with E-state index in [0.29, 0.717) is 28.6 Å².